The van der Waals surface area contributed by atoms with E-state index in [4.69, 9.17) is 23.2 Å². The minimum absolute atomic E-state index is 0.106. The molecule has 0 saturated carbocycles. The fourth-order valence-corrected chi connectivity index (χ4v) is 3.63. The first-order chi connectivity index (χ1) is 12.0. The van der Waals surface area contributed by atoms with E-state index in [0.717, 1.165) is 11.1 Å². The van der Waals surface area contributed by atoms with Crippen LogP contribution in [0.4, 0.5) is 0 Å². The van der Waals surface area contributed by atoms with Gasteiger partial charge in [-0.05, 0) is 42.7 Å². The molecule has 1 unspecified atom stereocenters. The Morgan fingerprint density at radius 2 is 1.96 bits per heavy atom. The number of hydrogen-bond acceptors (Lipinski definition) is 4. The van der Waals surface area contributed by atoms with E-state index in [-0.39, 0.29) is 11.2 Å². The maximum Gasteiger partial charge on any atom is 0.239 e. The summed E-state index contributed by atoms with van der Waals surface area (Å²) < 4.78 is 0. The number of benzene rings is 2. The monoisotopic (exact) mass is 391 g/mol. The van der Waals surface area contributed by atoms with Crippen molar-refractivity contribution >= 4 is 52.3 Å². The number of nitrogens with one attached hydrogen (secondary N) is 1. The van der Waals surface area contributed by atoms with E-state index < -0.39 is 0 Å². The third-order valence-corrected chi connectivity index (χ3v) is 5.30. The lowest BCUT2D eigenvalue weighted by molar-refractivity contribution is -0.118. The van der Waals surface area contributed by atoms with Gasteiger partial charge in [-0.1, -0.05) is 64.8 Å². The molecule has 1 fully saturated rings. The van der Waals surface area contributed by atoms with Gasteiger partial charge in [-0.25, -0.2) is 0 Å². The lowest BCUT2D eigenvalue weighted by Gasteiger charge is -2.07. The standard InChI is InChI=1S/C18H15Cl2N3OS/c1-11-2-4-12(5-3-11)10-21-23-18-22-17(24)16(25-18)9-13-8-14(19)6-7-15(13)20/h2-8,10,16H,9H2,1H3,(H,22,23,24)/b21-10+. The normalized spacial score (nSPS) is 18.9. The fraction of sp³-hybridized carbons (Fsp3) is 0.167. The molecule has 2 aromatic rings. The Morgan fingerprint density at radius 3 is 2.72 bits per heavy atom. The van der Waals surface area contributed by atoms with Crippen molar-refractivity contribution in [1.82, 2.24) is 5.32 Å². The molecule has 0 bridgehead atoms. The number of rotatable bonds is 4. The summed E-state index contributed by atoms with van der Waals surface area (Å²) in [5.41, 5.74) is 2.97. The number of halogens is 2. The van der Waals surface area contributed by atoms with Crippen LogP contribution in [0.25, 0.3) is 0 Å². The zero-order chi connectivity index (χ0) is 17.8. The quantitative estimate of drug-likeness (QED) is 0.617. The number of carbonyl (C=O) groups is 1. The molecule has 1 N–H and O–H groups in total. The summed E-state index contributed by atoms with van der Waals surface area (Å²) in [7, 11) is 0. The van der Waals surface area contributed by atoms with Gasteiger partial charge in [-0.15, -0.1) is 5.10 Å². The Hall–Kier alpha value is -1.82. The molecule has 1 aliphatic rings. The Balaban J connectivity index is 1.65. The van der Waals surface area contributed by atoms with Gasteiger partial charge in [0.1, 0.15) is 0 Å². The maximum atomic E-state index is 12.1. The molecule has 1 aliphatic heterocycles. The van der Waals surface area contributed by atoms with Gasteiger partial charge >= 0.3 is 0 Å². The van der Waals surface area contributed by atoms with Crippen molar-refractivity contribution in [3.63, 3.8) is 0 Å². The van der Waals surface area contributed by atoms with E-state index >= 15 is 0 Å². The van der Waals surface area contributed by atoms with Crippen molar-refractivity contribution in [3.05, 3.63) is 69.2 Å². The van der Waals surface area contributed by atoms with Crippen LogP contribution in [-0.2, 0) is 11.2 Å². The highest BCUT2D eigenvalue weighted by Gasteiger charge is 2.31. The smallest absolute Gasteiger partial charge is 0.239 e. The van der Waals surface area contributed by atoms with E-state index in [1.54, 1.807) is 24.4 Å². The second-order valence-corrected chi connectivity index (χ2v) is 7.63. The molecule has 1 amide bonds. The van der Waals surface area contributed by atoms with Gasteiger partial charge in [0.05, 0.1) is 11.5 Å². The predicted molar refractivity (Wildman–Crippen MR) is 106 cm³/mol. The molecule has 2 aromatic carbocycles. The number of aryl methyl sites for hydroxylation is 1. The zero-order valence-electron chi connectivity index (χ0n) is 13.4. The molecule has 4 nitrogen and oxygen atoms in total. The van der Waals surface area contributed by atoms with Crippen LogP contribution < -0.4 is 5.32 Å². The van der Waals surface area contributed by atoms with Gasteiger partial charge in [0, 0.05) is 10.0 Å². The first-order valence-electron chi connectivity index (χ1n) is 7.60. The van der Waals surface area contributed by atoms with Gasteiger partial charge in [-0.3, -0.25) is 4.79 Å². The molecule has 1 heterocycles. The summed E-state index contributed by atoms with van der Waals surface area (Å²) in [6, 6.07) is 13.2. The summed E-state index contributed by atoms with van der Waals surface area (Å²) in [6.07, 6.45) is 2.14. The highest BCUT2D eigenvalue weighted by Crippen LogP contribution is 2.28. The van der Waals surface area contributed by atoms with Gasteiger partial charge in [-0.2, -0.15) is 5.10 Å². The van der Waals surface area contributed by atoms with E-state index in [9.17, 15) is 4.79 Å². The molecule has 1 atom stereocenters. The van der Waals surface area contributed by atoms with E-state index in [0.29, 0.717) is 21.6 Å². The van der Waals surface area contributed by atoms with Gasteiger partial charge < -0.3 is 5.32 Å². The average Bonchev–Trinajstić information content (AvgIpc) is 2.92. The number of carbonyl (C=O) groups excluding carboxylic acids is 1. The van der Waals surface area contributed by atoms with Crippen molar-refractivity contribution in [2.24, 2.45) is 10.2 Å². The Bertz CT molecular complexity index is 850. The van der Waals surface area contributed by atoms with Crippen LogP contribution in [0.5, 0.6) is 0 Å². The molecule has 1 saturated heterocycles. The largest absolute Gasteiger partial charge is 0.303 e. The highest BCUT2D eigenvalue weighted by molar-refractivity contribution is 8.15. The van der Waals surface area contributed by atoms with E-state index in [1.807, 2.05) is 31.2 Å². The second-order valence-electron chi connectivity index (χ2n) is 5.60. The van der Waals surface area contributed by atoms with Crippen LogP contribution in [0.1, 0.15) is 16.7 Å². The molecule has 0 aromatic heterocycles. The van der Waals surface area contributed by atoms with E-state index in [1.165, 1.54) is 17.3 Å². The van der Waals surface area contributed by atoms with Crippen LogP contribution >= 0.6 is 35.0 Å². The molecule has 0 aliphatic carbocycles. The molecular weight excluding hydrogens is 377 g/mol. The minimum atomic E-state index is -0.302. The summed E-state index contributed by atoms with van der Waals surface area (Å²) in [5, 5.41) is 12.2. The summed E-state index contributed by atoms with van der Waals surface area (Å²) in [4.78, 5) is 12.1. The number of thioether (sulfide) groups is 1. The van der Waals surface area contributed by atoms with Crippen molar-refractivity contribution in [3.8, 4) is 0 Å². The maximum absolute atomic E-state index is 12.1. The molecule has 7 heteroatoms. The number of nitrogens with zero attached hydrogens (tertiary/aromatic N) is 2. The zero-order valence-corrected chi connectivity index (χ0v) is 15.7. The number of amides is 1. The second kappa shape index (κ2) is 8.04. The average molecular weight is 392 g/mol. The predicted octanol–water partition coefficient (Wildman–Crippen LogP) is 4.47. The molecule has 3 rings (SSSR count). The summed E-state index contributed by atoms with van der Waals surface area (Å²) >= 11 is 13.5. The van der Waals surface area contributed by atoms with Crippen molar-refractivity contribution in [2.75, 3.05) is 0 Å². The van der Waals surface area contributed by atoms with Crippen LogP contribution in [-0.4, -0.2) is 22.5 Å². The first-order valence-corrected chi connectivity index (χ1v) is 9.24. The van der Waals surface area contributed by atoms with Gasteiger partial charge in [0.15, 0.2) is 5.17 Å². The van der Waals surface area contributed by atoms with Crippen LogP contribution in [0.15, 0.2) is 52.7 Å². The van der Waals surface area contributed by atoms with Crippen molar-refractivity contribution in [2.45, 2.75) is 18.6 Å². The molecule has 0 radical (unpaired) electrons. The number of amidine groups is 1. The van der Waals surface area contributed by atoms with Gasteiger partial charge in [0.25, 0.3) is 0 Å². The summed E-state index contributed by atoms with van der Waals surface area (Å²) in [6.45, 7) is 2.03. The third-order valence-electron chi connectivity index (χ3n) is 3.62. The minimum Gasteiger partial charge on any atom is -0.303 e. The summed E-state index contributed by atoms with van der Waals surface area (Å²) in [5.74, 6) is -0.106. The van der Waals surface area contributed by atoms with Crippen molar-refractivity contribution in [1.29, 1.82) is 0 Å². The van der Waals surface area contributed by atoms with Crippen molar-refractivity contribution < 1.29 is 4.79 Å². The van der Waals surface area contributed by atoms with Crippen LogP contribution in [0.3, 0.4) is 0 Å². The Kier molecular flexibility index (Phi) is 5.78. The molecular formula is C18H15Cl2N3OS. The first kappa shape index (κ1) is 18.0. The molecule has 0 spiro atoms. The van der Waals surface area contributed by atoms with Gasteiger partial charge in [0.2, 0.25) is 5.91 Å². The SMILES string of the molecule is Cc1ccc(/C=N/N=C2NC(=O)C(Cc3cc(Cl)ccc3Cl)S2)cc1. The Morgan fingerprint density at radius 1 is 1.20 bits per heavy atom. The van der Waals surface area contributed by atoms with E-state index in [2.05, 4.69) is 15.5 Å². The van der Waals surface area contributed by atoms with Crippen LogP contribution in [0.2, 0.25) is 10.0 Å². The Labute approximate surface area is 160 Å². The third kappa shape index (κ3) is 4.84. The lowest BCUT2D eigenvalue weighted by atomic mass is 10.1. The fourth-order valence-electron chi connectivity index (χ4n) is 2.29. The highest BCUT2D eigenvalue weighted by atomic mass is 35.5. The number of hydrogen-bond donors (Lipinski definition) is 1. The van der Waals surface area contributed by atoms with Crippen LogP contribution in [0, 0.1) is 6.92 Å². The topological polar surface area (TPSA) is 53.8 Å². The molecule has 128 valence electrons. The lowest BCUT2D eigenvalue weighted by Crippen LogP contribution is -2.26. The molecule has 25 heavy (non-hydrogen) atoms.